The summed E-state index contributed by atoms with van der Waals surface area (Å²) in [6.45, 7) is 7.53. The lowest BCUT2D eigenvalue weighted by Gasteiger charge is -2.26. The Morgan fingerprint density at radius 2 is 1.88 bits per heavy atom. The van der Waals surface area contributed by atoms with E-state index >= 15 is 0 Å². The smallest absolute Gasteiger partial charge is 0.309 e. The molecule has 5 nitrogen and oxygen atoms in total. The van der Waals surface area contributed by atoms with Crippen molar-refractivity contribution in [1.82, 2.24) is 4.90 Å². The fraction of sp³-hybridized carbons (Fsp3) is 0.526. The van der Waals surface area contributed by atoms with Crippen molar-refractivity contribution in [3.8, 4) is 0 Å². The molecule has 1 heterocycles. The number of carbonyl (C=O) groups is 3. The Kier molecular flexibility index (Phi) is 5.75. The van der Waals surface area contributed by atoms with Crippen LogP contribution in [-0.4, -0.2) is 35.7 Å². The fourth-order valence-electron chi connectivity index (χ4n) is 3.42. The van der Waals surface area contributed by atoms with E-state index in [-0.39, 0.29) is 29.6 Å². The zero-order valence-electron chi connectivity index (χ0n) is 14.7. The van der Waals surface area contributed by atoms with Gasteiger partial charge in [-0.05, 0) is 26.3 Å². The second kappa shape index (κ2) is 7.60. The Hall–Kier alpha value is -2.17. The third-order valence-electron chi connectivity index (χ3n) is 4.87. The topological polar surface area (TPSA) is 63.7 Å². The molecule has 0 radical (unpaired) electrons. The average molecular weight is 331 g/mol. The van der Waals surface area contributed by atoms with Crippen LogP contribution in [0, 0.1) is 17.8 Å². The number of ketones is 1. The van der Waals surface area contributed by atoms with Gasteiger partial charge in [0.2, 0.25) is 5.91 Å². The first-order valence-corrected chi connectivity index (χ1v) is 8.41. The average Bonchev–Trinajstić information content (AvgIpc) is 2.92. The summed E-state index contributed by atoms with van der Waals surface area (Å²) in [6, 6.07) is 9.55. The molecule has 1 saturated heterocycles. The van der Waals surface area contributed by atoms with Gasteiger partial charge in [0.05, 0.1) is 18.6 Å². The van der Waals surface area contributed by atoms with Gasteiger partial charge in [0.25, 0.3) is 0 Å². The van der Waals surface area contributed by atoms with Gasteiger partial charge in [0.15, 0.2) is 0 Å². The second-order valence-corrected chi connectivity index (χ2v) is 6.37. The van der Waals surface area contributed by atoms with E-state index in [0.29, 0.717) is 13.2 Å². The molecule has 1 aromatic carbocycles. The number of carbonyl (C=O) groups excluding carboxylic acids is 3. The number of rotatable bonds is 6. The third kappa shape index (κ3) is 3.50. The first-order valence-electron chi connectivity index (χ1n) is 8.41. The van der Waals surface area contributed by atoms with Gasteiger partial charge < -0.3 is 9.64 Å². The van der Waals surface area contributed by atoms with Crippen LogP contribution in [0.5, 0.6) is 0 Å². The number of amides is 1. The highest BCUT2D eigenvalue weighted by Gasteiger charge is 2.48. The van der Waals surface area contributed by atoms with E-state index in [1.807, 2.05) is 37.3 Å². The summed E-state index contributed by atoms with van der Waals surface area (Å²) in [5.41, 5.74) is 1.01. The first kappa shape index (κ1) is 18.2. The van der Waals surface area contributed by atoms with Crippen molar-refractivity contribution in [3.05, 3.63) is 35.9 Å². The number of Topliss-reactive ketones (excluding diaryl/α,β-unsaturated/α-hetero) is 1. The standard InChI is InChI=1S/C19H25NO4/c1-5-24-19(23)12(2)16-11-20(18(22)17(16)14(4)21)13(3)15-9-7-6-8-10-15/h6-10,12-13,16-17H,5,11H2,1-4H3/t12?,13-,16-,17-/m1/s1. The lowest BCUT2D eigenvalue weighted by atomic mass is 9.82. The van der Waals surface area contributed by atoms with Crippen molar-refractivity contribution in [2.45, 2.75) is 33.7 Å². The van der Waals surface area contributed by atoms with Crippen LogP contribution in [0.15, 0.2) is 30.3 Å². The maximum Gasteiger partial charge on any atom is 0.309 e. The molecule has 1 aromatic rings. The highest BCUT2D eigenvalue weighted by Crippen LogP contribution is 2.37. The van der Waals surface area contributed by atoms with Crippen LogP contribution in [0.25, 0.3) is 0 Å². The summed E-state index contributed by atoms with van der Waals surface area (Å²) in [4.78, 5) is 38.7. The minimum absolute atomic E-state index is 0.139. The van der Waals surface area contributed by atoms with Crippen LogP contribution in [0.4, 0.5) is 0 Å². The molecule has 1 fully saturated rings. The Labute approximate surface area is 143 Å². The van der Waals surface area contributed by atoms with E-state index in [1.165, 1.54) is 6.92 Å². The molecular weight excluding hydrogens is 306 g/mol. The van der Waals surface area contributed by atoms with Crippen LogP contribution < -0.4 is 0 Å². The maximum absolute atomic E-state index is 12.8. The summed E-state index contributed by atoms with van der Waals surface area (Å²) in [6.07, 6.45) is 0. The van der Waals surface area contributed by atoms with E-state index in [9.17, 15) is 14.4 Å². The monoisotopic (exact) mass is 331 g/mol. The van der Waals surface area contributed by atoms with Crippen LogP contribution in [0.2, 0.25) is 0 Å². The van der Waals surface area contributed by atoms with E-state index in [0.717, 1.165) is 5.56 Å². The molecule has 0 spiro atoms. The van der Waals surface area contributed by atoms with E-state index < -0.39 is 11.8 Å². The number of hydrogen-bond donors (Lipinski definition) is 0. The molecule has 0 bridgehead atoms. The lowest BCUT2D eigenvalue weighted by Crippen LogP contribution is -2.33. The van der Waals surface area contributed by atoms with Crippen LogP contribution in [0.1, 0.15) is 39.3 Å². The largest absolute Gasteiger partial charge is 0.466 e. The number of nitrogens with zero attached hydrogens (tertiary/aromatic N) is 1. The van der Waals surface area contributed by atoms with Crippen LogP contribution >= 0.6 is 0 Å². The minimum atomic E-state index is -0.768. The third-order valence-corrected chi connectivity index (χ3v) is 4.87. The number of hydrogen-bond acceptors (Lipinski definition) is 4. The zero-order chi connectivity index (χ0) is 17.9. The van der Waals surface area contributed by atoms with Crippen LogP contribution in [-0.2, 0) is 19.1 Å². The van der Waals surface area contributed by atoms with Gasteiger partial charge in [-0.3, -0.25) is 14.4 Å². The molecular formula is C19H25NO4. The van der Waals surface area contributed by atoms with Crippen molar-refractivity contribution >= 4 is 17.7 Å². The number of ether oxygens (including phenoxy) is 1. The fourth-order valence-corrected chi connectivity index (χ4v) is 3.42. The predicted molar refractivity (Wildman–Crippen MR) is 90.0 cm³/mol. The summed E-state index contributed by atoms with van der Waals surface area (Å²) >= 11 is 0. The van der Waals surface area contributed by atoms with E-state index in [1.54, 1.807) is 18.7 Å². The molecule has 1 amide bonds. The molecule has 0 saturated carbocycles. The molecule has 1 aliphatic rings. The molecule has 0 aromatic heterocycles. The molecule has 5 heteroatoms. The summed E-state index contributed by atoms with van der Waals surface area (Å²) < 4.78 is 5.08. The molecule has 0 aliphatic carbocycles. The highest BCUT2D eigenvalue weighted by atomic mass is 16.5. The summed E-state index contributed by atoms with van der Waals surface area (Å²) in [5.74, 6) is -2.34. The van der Waals surface area contributed by atoms with Crippen molar-refractivity contribution in [1.29, 1.82) is 0 Å². The highest BCUT2D eigenvalue weighted by molar-refractivity contribution is 6.02. The van der Waals surface area contributed by atoms with Gasteiger partial charge in [0.1, 0.15) is 11.7 Å². The molecule has 1 aliphatic heterocycles. The van der Waals surface area contributed by atoms with Gasteiger partial charge in [-0.25, -0.2) is 0 Å². The Morgan fingerprint density at radius 3 is 2.42 bits per heavy atom. The molecule has 24 heavy (non-hydrogen) atoms. The Bertz CT molecular complexity index is 613. The summed E-state index contributed by atoms with van der Waals surface area (Å²) in [7, 11) is 0. The maximum atomic E-state index is 12.8. The number of esters is 1. The Morgan fingerprint density at radius 1 is 1.25 bits per heavy atom. The van der Waals surface area contributed by atoms with Crippen LogP contribution in [0.3, 0.4) is 0 Å². The second-order valence-electron chi connectivity index (χ2n) is 6.37. The van der Waals surface area contributed by atoms with E-state index in [2.05, 4.69) is 0 Å². The lowest BCUT2D eigenvalue weighted by molar-refractivity contribution is -0.150. The van der Waals surface area contributed by atoms with Gasteiger partial charge >= 0.3 is 5.97 Å². The normalized spacial score (nSPS) is 23.0. The van der Waals surface area contributed by atoms with Crippen molar-refractivity contribution in [2.75, 3.05) is 13.2 Å². The van der Waals surface area contributed by atoms with Crippen molar-refractivity contribution in [2.24, 2.45) is 17.8 Å². The van der Waals surface area contributed by atoms with Gasteiger partial charge in [-0.2, -0.15) is 0 Å². The SMILES string of the molecule is CCOC(=O)C(C)[C@H]1CN([C@H](C)c2ccccc2)C(=O)[C@@H]1C(C)=O. The van der Waals surface area contributed by atoms with Gasteiger partial charge in [-0.15, -0.1) is 0 Å². The first-order chi connectivity index (χ1) is 11.4. The quantitative estimate of drug-likeness (QED) is 0.594. The molecule has 0 N–H and O–H groups in total. The molecule has 4 atom stereocenters. The zero-order valence-corrected chi connectivity index (χ0v) is 14.7. The summed E-state index contributed by atoms with van der Waals surface area (Å²) in [5, 5.41) is 0. The van der Waals surface area contributed by atoms with Crippen molar-refractivity contribution < 1.29 is 19.1 Å². The van der Waals surface area contributed by atoms with E-state index in [4.69, 9.17) is 4.74 Å². The molecule has 1 unspecified atom stereocenters. The van der Waals surface area contributed by atoms with Gasteiger partial charge in [-0.1, -0.05) is 37.3 Å². The Balaban J connectivity index is 2.26. The number of benzene rings is 1. The molecule has 2 rings (SSSR count). The predicted octanol–water partition coefficient (Wildman–Crippen LogP) is 2.61. The molecule has 130 valence electrons. The van der Waals surface area contributed by atoms with Gasteiger partial charge in [0, 0.05) is 12.5 Å². The number of likely N-dealkylation sites (tertiary alicyclic amines) is 1. The minimum Gasteiger partial charge on any atom is -0.466 e. The van der Waals surface area contributed by atoms with Crippen molar-refractivity contribution in [3.63, 3.8) is 0 Å².